The molecule has 7 nitrogen and oxygen atoms in total. The van der Waals surface area contributed by atoms with E-state index in [1.165, 1.54) is 6.07 Å². The van der Waals surface area contributed by atoms with Crippen LogP contribution in [0.3, 0.4) is 0 Å². The molecule has 0 saturated carbocycles. The van der Waals surface area contributed by atoms with Gasteiger partial charge in [-0.05, 0) is 24.3 Å². The summed E-state index contributed by atoms with van der Waals surface area (Å²) in [6.07, 6.45) is -5.21. The third-order valence-corrected chi connectivity index (χ3v) is 3.65. The molecule has 0 aliphatic heterocycles. The van der Waals surface area contributed by atoms with E-state index in [-0.39, 0.29) is 22.3 Å². The first-order chi connectivity index (χ1) is 12.1. The summed E-state index contributed by atoms with van der Waals surface area (Å²) in [5.41, 5.74) is -1.44. The quantitative estimate of drug-likeness (QED) is 0.414. The predicted molar refractivity (Wildman–Crippen MR) is 86.3 cm³/mol. The molecule has 0 bridgehead atoms. The van der Waals surface area contributed by atoms with Crippen molar-refractivity contribution in [3.63, 3.8) is 0 Å². The number of alkyl halides is 3. The van der Waals surface area contributed by atoms with E-state index in [2.05, 4.69) is 0 Å². The Kier molecular flexibility index (Phi) is 6.12. The maximum absolute atomic E-state index is 12.6. The zero-order chi connectivity index (χ0) is 19.5. The number of rotatable bonds is 6. The minimum absolute atomic E-state index is 0.0233. The van der Waals surface area contributed by atoms with Crippen molar-refractivity contribution < 1.29 is 37.0 Å². The second kappa shape index (κ2) is 7.94. The fraction of sp³-hybridized carbons (Fsp3) is 0.143. The lowest BCUT2D eigenvalue weighted by molar-refractivity contribution is -0.385. The van der Waals surface area contributed by atoms with E-state index in [4.69, 9.17) is 26.0 Å². The highest BCUT2D eigenvalue weighted by Crippen LogP contribution is 2.38. The Labute approximate surface area is 149 Å². The number of halogens is 4. The van der Waals surface area contributed by atoms with Crippen LogP contribution < -0.4 is 9.47 Å². The van der Waals surface area contributed by atoms with Gasteiger partial charge in [-0.1, -0.05) is 11.6 Å². The van der Waals surface area contributed by atoms with Gasteiger partial charge in [0.1, 0.15) is 11.5 Å². The van der Waals surface area contributed by atoms with Gasteiger partial charge < -0.3 is 14.4 Å². The molecule has 2 aromatic rings. The van der Waals surface area contributed by atoms with E-state index in [9.17, 15) is 27.9 Å². The molecule has 0 aliphatic rings. The van der Waals surface area contributed by atoms with Crippen molar-refractivity contribution in [2.75, 3.05) is 6.35 Å². The van der Waals surface area contributed by atoms with E-state index < -0.39 is 36.7 Å². The van der Waals surface area contributed by atoms with Gasteiger partial charge in [0, 0.05) is 12.1 Å². The molecule has 0 saturated heterocycles. The number of benzene rings is 2. The molecule has 1 unspecified atom stereocenters. The van der Waals surface area contributed by atoms with Gasteiger partial charge >= 0.3 is 11.9 Å². The molecule has 1 atom stereocenters. The monoisotopic (exact) mass is 411 g/mol. The third kappa shape index (κ3) is 5.10. The van der Waals surface area contributed by atoms with Crippen LogP contribution in [-0.4, -0.2) is 16.2 Å². The Morgan fingerprint density at radius 3 is 2.42 bits per heavy atom. The molecule has 0 heterocycles. The molecular formula is C14H10ClF3NO6P. The molecule has 0 amide bonds. The number of nitro benzene ring substituents is 1. The van der Waals surface area contributed by atoms with Crippen LogP contribution in [0.4, 0.5) is 18.9 Å². The van der Waals surface area contributed by atoms with E-state index in [1.54, 1.807) is 0 Å². The molecule has 140 valence electrons. The van der Waals surface area contributed by atoms with Crippen molar-refractivity contribution in [3.8, 4) is 17.2 Å². The van der Waals surface area contributed by atoms with E-state index in [0.29, 0.717) is 6.07 Å². The van der Waals surface area contributed by atoms with Gasteiger partial charge in [0.15, 0.2) is 6.35 Å². The predicted octanol–water partition coefficient (Wildman–Crippen LogP) is 4.86. The molecule has 0 radical (unpaired) electrons. The van der Waals surface area contributed by atoms with Crippen molar-refractivity contribution in [1.29, 1.82) is 0 Å². The van der Waals surface area contributed by atoms with E-state index in [1.807, 2.05) is 0 Å². The van der Waals surface area contributed by atoms with E-state index in [0.717, 1.165) is 24.3 Å². The first kappa shape index (κ1) is 20.0. The van der Waals surface area contributed by atoms with Crippen molar-refractivity contribution in [2.24, 2.45) is 0 Å². The number of hydrogen-bond donors (Lipinski definition) is 1. The van der Waals surface area contributed by atoms with Crippen LogP contribution in [0.5, 0.6) is 17.2 Å². The maximum Gasteiger partial charge on any atom is 0.416 e. The number of nitro groups is 1. The molecule has 2 aromatic carbocycles. The second-order valence-electron chi connectivity index (χ2n) is 4.81. The Hall–Kier alpha value is -2.29. The SMILES string of the molecule is O=[N+]([O-])c1ccc(Oc2ccc(C(F)(F)F)cc2Cl)cc1OC[PH](=O)O. The van der Waals surface area contributed by atoms with Gasteiger partial charge in [0.05, 0.1) is 15.5 Å². The number of ether oxygens (including phenoxy) is 2. The van der Waals surface area contributed by atoms with Gasteiger partial charge in [-0.15, -0.1) is 0 Å². The molecule has 0 fully saturated rings. The van der Waals surface area contributed by atoms with Crippen LogP contribution in [0.1, 0.15) is 5.56 Å². The summed E-state index contributed by atoms with van der Waals surface area (Å²) < 4.78 is 58.9. The van der Waals surface area contributed by atoms with Crippen molar-refractivity contribution in [3.05, 3.63) is 57.1 Å². The van der Waals surface area contributed by atoms with Crippen molar-refractivity contribution in [2.45, 2.75) is 6.18 Å². The zero-order valence-electron chi connectivity index (χ0n) is 12.6. The molecule has 0 aliphatic carbocycles. The van der Waals surface area contributed by atoms with Crippen LogP contribution in [-0.2, 0) is 10.7 Å². The molecular weight excluding hydrogens is 402 g/mol. The summed E-state index contributed by atoms with van der Waals surface area (Å²) in [6, 6.07) is 5.72. The Bertz CT molecular complexity index is 861. The minimum Gasteiger partial charge on any atom is -0.477 e. The van der Waals surface area contributed by atoms with Crippen LogP contribution in [0.25, 0.3) is 0 Å². The fourth-order valence-corrected chi connectivity index (χ4v) is 2.35. The number of hydrogen-bond acceptors (Lipinski definition) is 5. The summed E-state index contributed by atoms with van der Waals surface area (Å²) >= 11 is 5.77. The third-order valence-electron chi connectivity index (χ3n) is 2.97. The molecule has 0 aromatic heterocycles. The zero-order valence-corrected chi connectivity index (χ0v) is 14.4. The smallest absolute Gasteiger partial charge is 0.416 e. The Morgan fingerprint density at radius 1 is 1.19 bits per heavy atom. The standard InChI is InChI=1S/C14H10ClF3NO6P/c15-10-5-8(14(16,17)18)1-4-12(10)25-9-2-3-11(19(20)21)13(6-9)24-7-26(22)23/h1-6,26H,7H2,(H,22,23). The maximum atomic E-state index is 12.6. The van der Waals surface area contributed by atoms with Crippen LogP contribution in [0.2, 0.25) is 5.02 Å². The number of nitrogens with zero attached hydrogens (tertiary/aromatic N) is 1. The highest BCUT2D eigenvalue weighted by atomic mass is 35.5. The largest absolute Gasteiger partial charge is 0.477 e. The Morgan fingerprint density at radius 2 is 1.88 bits per heavy atom. The summed E-state index contributed by atoms with van der Waals surface area (Å²) in [7, 11) is -3.03. The first-order valence-corrected chi connectivity index (χ1v) is 8.69. The van der Waals surface area contributed by atoms with Gasteiger partial charge in [-0.3, -0.25) is 14.7 Å². The topological polar surface area (TPSA) is 98.9 Å². The summed E-state index contributed by atoms with van der Waals surface area (Å²) in [5.74, 6) is -0.469. The van der Waals surface area contributed by atoms with Crippen molar-refractivity contribution >= 4 is 25.3 Å². The molecule has 26 heavy (non-hydrogen) atoms. The fourth-order valence-electron chi connectivity index (χ4n) is 1.85. The minimum atomic E-state index is -4.57. The molecule has 2 rings (SSSR count). The van der Waals surface area contributed by atoms with Crippen LogP contribution in [0, 0.1) is 10.1 Å². The second-order valence-corrected chi connectivity index (χ2v) is 6.30. The van der Waals surface area contributed by atoms with Crippen molar-refractivity contribution in [1.82, 2.24) is 0 Å². The molecule has 1 N–H and O–H groups in total. The molecule has 12 heteroatoms. The summed E-state index contributed by atoms with van der Waals surface area (Å²) in [4.78, 5) is 19.0. The summed E-state index contributed by atoms with van der Waals surface area (Å²) in [5, 5.41) is 10.6. The molecule has 0 spiro atoms. The lowest BCUT2D eigenvalue weighted by Crippen LogP contribution is -2.04. The van der Waals surface area contributed by atoms with Gasteiger partial charge in [-0.25, -0.2) is 0 Å². The average molecular weight is 412 g/mol. The average Bonchev–Trinajstić information content (AvgIpc) is 2.53. The summed E-state index contributed by atoms with van der Waals surface area (Å²) in [6.45, 7) is 0. The van der Waals surface area contributed by atoms with Crippen LogP contribution in [0.15, 0.2) is 36.4 Å². The lowest BCUT2D eigenvalue weighted by Gasteiger charge is -2.12. The first-order valence-electron chi connectivity index (χ1n) is 6.75. The van der Waals surface area contributed by atoms with Gasteiger partial charge in [0.25, 0.3) is 0 Å². The van der Waals surface area contributed by atoms with Gasteiger partial charge in [0.2, 0.25) is 13.8 Å². The van der Waals surface area contributed by atoms with E-state index >= 15 is 0 Å². The van der Waals surface area contributed by atoms with Gasteiger partial charge in [-0.2, -0.15) is 13.2 Å². The highest BCUT2D eigenvalue weighted by Gasteiger charge is 2.31. The Balaban J connectivity index is 2.30. The normalized spacial score (nSPS) is 12.5. The lowest BCUT2D eigenvalue weighted by atomic mass is 10.2. The van der Waals surface area contributed by atoms with Crippen LogP contribution >= 0.6 is 19.6 Å². The highest BCUT2D eigenvalue weighted by molar-refractivity contribution is 7.37.